The Balaban J connectivity index is 1.91. The summed E-state index contributed by atoms with van der Waals surface area (Å²) in [6, 6.07) is 7.10. The lowest BCUT2D eigenvalue weighted by Crippen LogP contribution is -2.38. The first-order valence-electron chi connectivity index (χ1n) is 6.14. The van der Waals surface area contributed by atoms with Gasteiger partial charge in [-0.3, -0.25) is 9.59 Å². The first kappa shape index (κ1) is 13.1. The largest absolute Gasteiger partial charge is 0.480 e. The number of aromatic nitrogens is 1. The minimum atomic E-state index is -1.03. The van der Waals surface area contributed by atoms with Crippen molar-refractivity contribution in [2.24, 2.45) is 0 Å². The van der Waals surface area contributed by atoms with Crippen molar-refractivity contribution >= 4 is 22.8 Å². The Labute approximate surface area is 110 Å². The van der Waals surface area contributed by atoms with E-state index in [1.165, 1.54) is 6.92 Å². The van der Waals surface area contributed by atoms with Crippen LogP contribution >= 0.6 is 0 Å². The highest BCUT2D eigenvalue weighted by atomic mass is 16.4. The number of aliphatic carboxylic acids is 1. The van der Waals surface area contributed by atoms with E-state index >= 15 is 0 Å². The van der Waals surface area contributed by atoms with Crippen LogP contribution in [0.1, 0.15) is 18.9 Å². The summed E-state index contributed by atoms with van der Waals surface area (Å²) in [5, 5.41) is 12.2. The summed E-state index contributed by atoms with van der Waals surface area (Å²) in [5.41, 5.74) is 2.12. The minimum absolute atomic E-state index is 0.246. The van der Waals surface area contributed by atoms with Crippen LogP contribution in [0.25, 0.3) is 10.9 Å². The maximum absolute atomic E-state index is 11.6. The second kappa shape index (κ2) is 5.56. The first-order chi connectivity index (χ1) is 9.06. The van der Waals surface area contributed by atoms with Gasteiger partial charge < -0.3 is 15.4 Å². The molecule has 1 aromatic carbocycles. The van der Waals surface area contributed by atoms with Gasteiger partial charge in [0.25, 0.3) is 0 Å². The third kappa shape index (κ3) is 3.34. The van der Waals surface area contributed by atoms with Crippen molar-refractivity contribution in [2.45, 2.75) is 25.8 Å². The standard InChI is InChI=1S/C14H16N2O3/c1-9(14(18)19)16-13(17)5-3-10-2-4-12-11(8-10)6-7-15-12/h2,4,6-9,15H,3,5H2,1H3,(H,16,17)(H,18,19)/t9-/m0/s1. The van der Waals surface area contributed by atoms with Crippen LogP contribution in [0.3, 0.4) is 0 Å². The number of H-pyrrole nitrogens is 1. The molecule has 0 fully saturated rings. The zero-order valence-electron chi connectivity index (χ0n) is 10.6. The van der Waals surface area contributed by atoms with E-state index in [0.29, 0.717) is 6.42 Å². The maximum Gasteiger partial charge on any atom is 0.325 e. The van der Waals surface area contributed by atoms with Gasteiger partial charge in [0.15, 0.2) is 0 Å². The number of carbonyl (C=O) groups excluding carboxylic acids is 1. The molecule has 2 aromatic rings. The Morgan fingerprint density at radius 1 is 1.37 bits per heavy atom. The monoisotopic (exact) mass is 260 g/mol. The number of hydrogen-bond donors (Lipinski definition) is 3. The number of aromatic amines is 1. The SMILES string of the molecule is C[C@H](NC(=O)CCc1ccc2[nH]ccc2c1)C(=O)O. The summed E-state index contributed by atoms with van der Waals surface area (Å²) in [7, 11) is 0. The maximum atomic E-state index is 11.6. The normalized spacial score (nSPS) is 12.3. The zero-order valence-corrected chi connectivity index (χ0v) is 10.6. The molecule has 0 saturated carbocycles. The Hall–Kier alpha value is -2.30. The summed E-state index contributed by atoms with van der Waals surface area (Å²) in [6.45, 7) is 1.45. The smallest absolute Gasteiger partial charge is 0.325 e. The molecule has 2 rings (SSSR count). The highest BCUT2D eigenvalue weighted by Crippen LogP contribution is 2.15. The van der Waals surface area contributed by atoms with Crippen LogP contribution in [0.5, 0.6) is 0 Å². The van der Waals surface area contributed by atoms with Crippen LogP contribution in [-0.2, 0) is 16.0 Å². The van der Waals surface area contributed by atoms with Crippen molar-refractivity contribution in [3.8, 4) is 0 Å². The number of benzene rings is 1. The molecule has 3 N–H and O–H groups in total. The van der Waals surface area contributed by atoms with E-state index in [2.05, 4.69) is 10.3 Å². The third-order valence-corrected chi connectivity index (χ3v) is 3.01. The summed E-state index contributed by atoms with van der Waals surface area (Å²) < 4.78 is 0. The van der Waals surface area contributed by atoms with E-state index in [0.717, 1.165) is 16.5 Å². The van der Waals surface area contributed by atoms with Gasteiger partial charge in [0.1, 0.15) is 6.04 Å². The van der Waals surface area contributed by atoms with Crippen LogP contribution in [-0.4, -0.2) is 28.0 Å². The number of fused-ring (bicyclic) bond motifs is 1. The number of nitrogens with one attached hydrogen (secondary N) is 2. The Morgan fingerprint density at radius 3 is 2.89 bits per heavy atom. The van der Waals surface area contributed by atoms with E-state index < -0.39 is 12.0 Å². The molecule has 0 bridgehead atoms. The fourth-order valence-electron chi connectivity index (χ4n) is 1.89. The molecule has 19 heavy (non-hydrogen) atoms. The molecular weight excluding hydrogens is 244 g/mol. The lowest BCUT2D eigenvalue weighted by Gasteiger charge is -2.09. The number of carbonyl (C=O) groups is 2. The number of carboxylic acids is 1. The van der Waals surface area contributed by atoms with E-state index in [4.69, 9.17) is 5.11 Å². The molecule has 0 aliphatic rings. The molecule has 5 heteroatoms. The molecule has 1 heterocycles. The molecule has 1 amide bonds. The summed E-state index contributed by atoms with van der Waals surface area (Å²) >= 11 is 0. The second-order valence-electron chi connectivity index (χ2n) is 4.53. The number of amides is 1. The first-order valence-corrected chi connectivity index (χ1v) is 6.14. The molecule has 0 radical (unpaired) electrons. The van der Waals surface area contributed by atoms with Crippen LogP contribution in [0.2, 0.25) is 0 Å². The summed E-state index contributed by atoms with van der Waals surface area (Å²) in [6.07, 6.45) is 2.75. The molecule has 0 aliphatic carbocycles. The fraction of sp³-hybridized carbons (Fsp3) is 0.286. The highest BCUT2D eigenvalue weighted by Gasteiger charge is 2.13. The predicted molar refractivity (Wildman–Crippen MR) is 71.9 cm³/mol. The van der Waals surface area contributed by atoms with E-state index in [1.54, 1.807) is 0 Å². The van der Waals surface area contributed by atoms with Crippen molar-refractivity contribution in [3.05, 3.63) is 36.0 Å². The van der Waals surface area contributed by atoms with Gasteiger partial charge >= 0.3 is 5.97 Å². The Bertz CT molecular complexity index is 604. The van der Waals surface area contributed by atoms with Crippen LogP contribution in [0, 0.1) is 0 Å². The van der Waals surface area contributed by atoms with Crippen molar-refractivity contribution in [1.29, 1.82) is 0 Å². The predicted octanol–water partition coefficient (Wildman–Crippen LogP) is 1.69. The second-order valence-corrected chi connectivity index (χ2v) is 4.53. The highest BCUT2D eigenvalue weighted by molar-refractivity contribution is 5.83. The van der Waals surface area contributed by atoms with Crippen molar-refractivity contribution in [3.63, 3.8) is 0 Å². The minimum Gasteiger partial charge on any atom is -0.480 e. The van der Waals surface area contributed by atoms with Crippen molar-refractivity contribution in [2.75, 3.05) is 0 Å². The average molecular weight is 260 g/mol. The van der Waals surface area contributed by atoms with Crippen LogP contribution in [0.15, 0.2) is 30.5 Å². The van der Waals surface area contributed by atoms with Gasteiger partial charge in [-0.25, -0.2) is 0 Å². The molecule has 0 spiro atoms. The summed E-state index contributed by atoms with van der Waals surface area (Å²) in [4.78, 5) is 25.3. The summed E-state index contributed by atoms with van der Waals surface area (Å²) in [5.74, 6) is -1.27. The quantitative estimate of drug-likeness (QED) is 0.765. The van der Waals surface area contributed by atoms with Crippen molar-refractivity contribution in [1.82, 2.24) is 10.3 Å². The van der Waals surface area contributed by atoms with E-state index in [1.807, 2.05) is 30.5 Å². The lowest BCUT2D eigenvalue weighted by atomic mass is 10.1. The van der Waals surface area contributed by atoms with Gasteiger partial charge in [-0.2, -0.15) is 0 Å². The van der Waals surface area contributed by atoms with Gasteiger partial charge in [-0.05, 0) is 42.5 Å². The zero-order chi connectivity index (χ0) is 13.8. The fourth-order valence-corrected chi connectivity index (χ4v) is 1.89. The lowest BCUT2D eigenvalue weighted by molar-refractivity contribution is -0.141. The van der Waals surface area contributed by atoms with E-state index in [-0.39, 0.29) is 12.3 Å². The molecule has 1 aromatic heterocycles. The number of hydrogen-bond acceptors (Lipinski definition) is 2. The number of carboxylic acid groups (broad SMARTS) is 1. The average Bonchev–Trinajstić information content (AvgIpc) is 2.83. The van der Waals surface area contributed by atoms with Gasteiger partial charge in [-0.15, -0.1) is 0 Å². The third-order valence-electron chi connectivity index (χ3n) is 3.01. The van der Waals surface area contributed by atoms with Crippen LogP contribution in [0.4, 0.5) is 0 Å². The van der Waals surface area contributed by atoms with Gasteiger partial charge in [-0.1, -0.05) is 6.07 Å². The van der Waals surface area contributed by atoms with Gasteiger partial charge in [0, 0.05) is 18.1 Å². The Kier molecular flexibility index (Phi) is 3.85. The Morgan fingerprint density at radius 2 is 2.16 bits per heavy atom. The topological polar surface area (TPSA) is 82.2 Å². The molecule has 0 saturated heterocycles. The van der Waals surface area contributed by atoms with Crippen LogP contribution < -0.4 is 5.32 Å². The molecule has 1 atom stereocenters. The van der Waals surface area contributed by atoms with Gasteiger partial charge in [0.05, 0.1) is 0 Å². The molecule has 5 nitrogen and oxygen atoms in total. The van der Waals surface area contributed by atoms with Gasteiger partial charge in [0.2, 0.25) is 5.91 Å². The molecule has 0 aliphatic heterocycles. The van der Waals surface area contributed by atoms with Crippen molar-refractivity contribution < 1.29 is 14.7 Å². The molecule has 0 unspecified atom stereocenters. The van der Waals surface area contributed by atoms with E-state index in [9.17, 15) is 9.59 Å². The number of aryl methyl sites for hydroxylation is 1. The number of rotatable bonds is 5. The molecule has 100 valence electrons. The molecular formula is C14H16N2O3.